The Kier molecular flexibility index (Phi) is 4.95. The van der Waals surface area contributed by atoms with Gasteiger partial charge in [0.15, 0.2) is 6.10 Å². The summed E-state index contributed by atoms with van der Waals surface area (Å²) in [5.74, 6) is -0.638. The van der Waals surface area contributed by atoms with Crippen LogP contribution in [0.3, 0.4) is 0 Å². The fraction of sp³-hybridized carbons (Fsp3) is 0.882. The lowest BCUT2D eigenvalue weighted by molar-refractivity contribution is -0.182. The van der Waals surface area contributed by atoms with Gasteiger partial charge in [-0.3, -0.25) is 4.79 Å². The minimum atomic E-state index is -0.718. The van der Waals surface area contributed by atoms with Crippen molar-refractivity contribution in [3.63, 3.8) is 0 Å². The van der Waals surface area contributed by atoms with E-state index in [0.717, 1.165) is 38.5 Å². The highest BCUT2D eigenvalue weighted by atomic mass is 16.6. The molecule has 1 heterocycles. The molecule has 0 aromatic heterocycles. The van der Waals surface area contributed by atoms with Gasteiger partial charge in [-0.2, -0.15) is 0 Å². The van der Waals surface area contributed by atoms with Gasteiger partial charge in [-0.15, -0.1) is 0 Å². The van der Waals surface area contributed by atoms with Gasteiger partial charge in [-0.05, 0) is 65.2 Å². The predicted molar refractivity (Wildman–Crippen MR) is 79.7 cm³/mol. The first-order chi connectivity index (χ1) is 9.88. The summed E-state index contributed by atoms with van der Waals surface area (Å²) in [6, 6.07) is 0. The topological polar surface area (TPSA) is 52.6 Å². The fourth-order valence-corrected chi connectivity index (χ4v) is 3.15. The summed E-state index contributed by atoms with van der Waals surface area (Å²) in [6.45, 7) is 5.64. The number of carbonyl (C=O) groups is 2. The average molecular weight is 296 g/mol. The molecule has 2 fully saturated rings. The van der Waals surface area contributed by atoms with Crippen LogP contribution in [0.5, 0.6) is 0 Å². The number of carbonyl (C=O) groups excluding carboxylic acids is 2. The third kappa shape index (κ3) is 3.78. The Morgan fingerprint density at radius 1 is 1.24 bits per heavy atom. The van der Waals surface area contributed by atoms with Crippen LogP contribution in [0.15, 0.2) is 0 Å². The Balaban J connectivity index is 2.00. The minimum absolute atomic E-state index is 0.281. The van der Waals surface area contributed by atoms with Gasteiger partial charge in [-0.1, -0.05) is 13.3 Å². The van der Waals surface area contributed by atoms with Crippen molar-refractivity contribution in [1.82, 2.24) is 0 Å². The number of hydrogen-bond acceptors (Lipinski definition) is 4. The zero-order valence-corrected chi connectivity index (χ0v) is 13.6. The van der Waals surface area contributed by atoms with E-state index in [2.05, 4.69) is 0 Å². The van der Waals surface area contributed by atoms with Gasteiger partial charge in [0.2, 0.25) is 0 Å². The molecule has 0 aromatic carbocycles. The molecule has 2 rings (SSSR count). The Labute approximate surface area is 127 Å². The molecule has 0 N–H and O–H groups in total. The van der Waals surface area contributed by atoms with Crippen LogP contribution in [0, 0.1) is 5.41 Å². The van der Waals surface area contributed by atoms with Crippen molar-refractivity contribution in [3.05, 3.63) is 0 Å². The zero-order valence-electron chi connectivity index (χ0n) is 13.6. The summed E-state index contributed by atoms with van der Waals surface area (Å²) in [6.07, 6.45) is 7.75. The van der Waals surface area contributed by atoms with Gasteiger partial charge in [0.05, 0.1) is 5.41 Å². The monoisotopic (exact) mass is 296 g/mol. The molecule has 1 aliphatic heterocycles. The summed E-state index contributed by atoms with van der Waals surface area (Å²) < 4.78 is 11.2. The van der Waals surface area contributed by atoms with Crippen LogP contribution in [0.2, 0.25) is 0 Å². The van der Waals surface area contributed by atoms with E-state index < -0.39 is 11.5 Å². The lowest BCUT2D eigenvalue weighted by atomic mass is 9.81. The quantitative estimate of drug-likeness (QED) is 0.744. The van der Waals surface area contributed by atoms with E-state index in [1.54, 1.807) is 0 Å². The van der Waals surface area contributed by atoms with E-state index in [4.69, 9.17) is 9.47 Å². The van der Waals surface area contributed by atoms with Crippen LogP contribution in [-0.2, 0) is 19.1 Å². The van der Waals surface area contributed by atoms with Gasteiger partial charge >= 0.3 is 11.9 Å². The average Bonchev–Trinajstić information content (AvgIpc) is 2.59. The Morgan fingerprint density at radius 3 is 2.48 bits per heavy atom. The standard InChI is InChI=1S/C17H28O4/c1-4-16(2,3)15(19)20-13-9-8-12-17(21-14(13)18)10-6-5-7-11-17/h13H,4-12H2,1-3H3. The molecule has 1 atom stereocenters. The van der Waals surface area contributed by atoms with Crippen molar-refractivity contribution in [1.29, 1.82) is 0 Å². The molecular formula is C17H28O4. The first-order valence-electron chi connectivity index (χ1n) is 8.32. The second-order valence-electron chi connectivity index (χ2n) is 7.19. The molecule has 1 saturated carbocycles. The molecule has 4 nitrogen and oxygen atoms in total. The molecule has 120 valence electrons. The minimum Gasteiger partial charge on any atom is -0.456 e. The molecule has 1 aliphatic carbocycles. The summed E-state index contributed by atoms with van der Waals surface area (Å²) >= 11 is 0. The predicted octanol–water partition coefficient (Wildman–Crippen LogP) is 3.76. The maximum Gasteiger partial charge on any atom is 0.347 e. The lowest BCUT2D eigenvalue weighted by Crippen LogP contribution is -2.40. The van der Waals surface area contributed by atoms with Gasteiger partial charge in [0.25, 0.3) is 0 Å². The number of ether oxygens (including phenoxy) is 2. The molecular weight excluding hydrogens is 268 g/mol. The van der Waals surface area contributed by atoms with Crippen molar-refractivity contribution in [3.8, 4) is 0 Å². The Hall–Kier alpha value is -1.06. The molecule has 1 saturated heterocycles. The van der Waals surface area contributed by atoms with E-state index in [0.29, 0.717) is 12.8 Å². The van der Waals surface area contributed by atoms with E-state index in [-0.39, 0.29) is 17.5 Å². The maximum atomic E-state index is 12.3. The molecule has 1 spiro atoms. The largest absolute Gasteiger partial charge is 0.456 e. The Morgan fingerprint density at radius 2 is 1.86 bits per heavy atom. The summed E-state index contributed by atoms with van der Waals surface area (Å²) in [5.41, 5.74) is -0.828. The molecule has 0 radical (unpaired) electrons. The summed E-state index contributed by atoms with van der Waals surface area (Å²) in [7, 11) is 0. The second-order valence-corrected chi connectivity index (χ2v) is 7.19. The molecule has 21 heavy (non-hydrogen) atoms. The number of esters is 2. The zero-order chi connectivity index (χ0) is 15.5. The number of hydrogen-bond donors (Lipinski definition) is 0. The van der Waals surface area contributed by atoms with Crippen LogP contribution >= 0.6 is 0 Å². The van der Waals surface area contributed by atoms with Crippen molar-refractivity contribution < 1.29 is 19.1 Å². The van der Waals surface area contributed by atoms with Crippen molar-refractivity contribution in [2.75, 3.05) is 0 Å². The van der Waals surface area contributed by atoms with Crippen molar-refractivity contribution >= 4 is 11.9 Å². The molecule has 2 aliphatic rings. The van der Waals surface area contributed by atoms with Crippen LogP contribution in [0.4, 0.5) is 0 Å². The fourth-order valence-electron chi connectivity index (χ4n) is 3.15. The van der Waals surface area contributed by atoms with Gasteiger partial charge in [0.1, 0.15) is 5.60 Å². The summed E-state index contributed by atoms with van der Waals surface area (Å²) in [5, 5.41) is 0. The van der Waals surface area contributed by atoms with E-state index in [1.165, 1.54) is 6.42 Å². The highest BCUT2D eigenvalue weighted by Crippen LogP contribution is 2.38. The van der Waals surface area contributed by atoms with Crippen molar-refractivity contribution in [2.24, 2.45) is 5.41 Å². The highest BCUT2D eigenvalue weighted by molar-refractivity contribution is 5.82. The van der Waals surface area contributed by atoms with Crippen LogP contribution in [-0.4, -0.2) is 23.6 Å². The van der Waals surface area contributed by atoms with Crippen LogP contribution < -0.4 is 0 Å². The molecule has 0 amide bonds. The summed E-state index contributed by atoms with van der Waals surface area (Å²) in [4.78, 5) is 24.5. The Bertz CT molecular complexity index is 394. The van der Waals surface area contributed by atoms with E-state index in [1.807, 2.05) is 20.8 Å². The van der Waals surface area contributed by atoms with Gasteiger partial charge < -0.3 is 9.47 Å². The van der Waals surface area contributed by atoms with Gasteiger partial charge in [-0.25, -0.2) is 4.79 Å². The SMILES string of the molecule is CCC(C)(C)C(=O)OC1CCCC2(CCCCC2)OC1=O. The molecule has 0 bridgehead atoms. The van der Waals surface area contributed by atoms with Gasteiger partial charge in [0, 0.05) is 0 Å². The van der Waals surface area contributed by atoms with E-state index >= 15 is 0 Å². The van der Waals surface area contributed by atoms with Crippen molar-refractivity contribution in [2.45, 2.75) is 90.3 Å². The normalized spacial score (nSPS) is 26.0. The lowest BCUT2D eigenvalue weighted by Gasteiger charge is -2.35. The van der Waals surface area contributed by atoms with Crippen LogP contribution in [0.25, 0.3) is 0 Å². The third-order valence-electron chi connectivity index (χ3n) is 5.13. The third-order valence-corrected chi connectivity index (χ3v) is 5.13. The molecule has 4 heteroatoms. The number of rotatable bonds is 3. The smallest absolute Gasteiger partial charge is 0.347 e. The second kappa shape index (κ2) is 6.37. The van der Waals surface area contributed by atoms with Crippen LogP contribution in [0.1, 0.15) is 78.6 Å². The highest BCUT2D eigenvalue weighted by Gasteiger charge is 2.42. The molecule has 0 aromatic rings. The first-order valence-corrected chi connectivity index (χ1v) is 8.32. The molecule has 1 unspecified atom stereocenters. The first kappa shape index (κ1) is 16.3. The van der Waals surface area contributed by atoms with E-state index in [9.17, 15) is 9.59 Å². The maximum absolute atomic E-state index is 12.3.